The summed E-state index contributed by atoms with van der Waals surface area (Å²) in [6.07, 6.45) is 10.2. The van der Waals surface area contributed by atoms with Gasteiger partial charge in [0.2, 0.25) is 0 Å². The van der Waals surface area contributed by atoms with Gasteiger partial charge in [-0.25, -0.2) is 4.98 Å². The number of nitrogens with one attached hydrogen (secondary N) is 1. The molecule has 0 radical (unpaired) electrons. The maximum absolute atomic E-state index is 4.52. The van der Waals surface area contributed by atoms with Gasteiger partial charge in [-0.05, 0) is 36.9 Å². The molecular formula is C17H16N2S. The molecule has 0 saturated heterocycles. The van der Waals surface area contributed by atoms with E-state index >= 15 is 0 Å². The number of nitrogens with zero attached hydrogens (tertiary/aromatic N) is 1. The van der Waals surface area contributed by atoms with Crippen molar-refractivity contribution in [3.8, 4) is 11.1 Å². The highest BCUT2D eigenvalue weighted by molar-refractivity contribution is 7.98. The molecule has 20 heavy (non-hydrogen) atoms. The summed E-state index contributed by atoms with van der Waals surface area (Å²) < 4.78 is 0. The normalized spacial score (nSPS) is 11.5. The highest BCUT2D eigenvalue weighted by atomic mass is 32.2. The molecule has 0 bridgehead atoms. The molecule has 3 heteroatoms. The second-order valence-corrected chi connectivity index (χ2v) is 5.48. The van der Waals surface area contributed by atoms with Crippen molar-refractivity contribution in [1.29, 1.82) is 0 Å². The van der Waals surface area contributed by atoms with E-state index in [1.165, 1.54) is 16.0 Å². The molecule has 0 fully saturated rings. The van der Waals surface area contributed by atoms with Gasteiger partial charge in [-0.15, -0.1) is 11.8 Å². The van der Waals surface area contributed by atoms with Gasteiger partial charge in [0.1, 0.15) is 5.65 Å². The lowest BCUT2D eigenvalue weighted by atomic mass is 10.1. The monoisotopic (exact) mass is 280 g/mol. The van der Waals surface area contributed by atoms with Gasteiger partial charge >= 0.3 is 0 Å². The van der Waals surface area contributed by atoms with E-state index in [-0.39, 0.29) is 0 Å². The number of hydrogen-bond donors (Lipinski definition) is 1. The summed E-state index contributed by atoms with van der Waals surface area (Å²) in [6, 6.07) is 10.8. The molecule has 1 aromatic carbocycles. The van der Waals surface area contributed by atoms with Crippen molar-refractivity contribution < 1.29 is 0 Å². The lowest BCUT2D eigenvalue weighted by Crippen LogP contribution is -1.83. The fourth-order valence-electron chi connectivity index (χ4n) is 2.30. The Morgan fingerprint density at radius 2 is 2.10 bits per heavy atom. The van der Waals surface area contributed by atoms with Crippen LogP contribution in [0.1, 0.15) is 12.5 Å². The van der Waals surface area contributed by atoms with Gasteiger partial charge < -0.3 is 4.98 Å². The number of aromatic nitrogens is 2. The Kier molecular flexibility index (Phi) is 3.61. The standard InChI is InChI=1S/C17H16N2S/c1-3-5-13-10-18-17-16(13)9-14(11-19-17)12-6-4-7-15(8-12)20-2/h3-11H,1-2H3,(H,18,19)/b5-3+. The zero-order valence-electron chi connectivity index (χ0n) is 11.6. The zero-order valence-corrected chi connectivity index (χ0v) is 12.4. The fourth-order valence-corrected chi connectivity index (χ4v) is 2.76. The van der Waals surface area contributed by atoms with Crippen LogP contribution >= 0.6 is 11.8 Å². The van der Waals surface area contributed by atoms with Gasteiger partial charge in [0.25, 0.3) is 0 Å². The van der Waals surface area contributed by atoms with Gasteiger partial charge in [0, 0.05) is 33.8 Å². The lowest BCUT2D eigenvalue weighted by molar-refractivity contribution is 1.32. The molecule has 0 unspecified atom stereocenters. The Morgan fingerprint density at radius 3 is 2.90 bits per heavy atom. The first kappa shape index (κ1) is 13.0. The second-order valence-electron chi connectivity index (χ2n) is 4.60. The third-order valence-electron chi connectivity index (χ3n) is 3.31. The predicted molar refractivity (Wildman–Crippen MR) is 88.0 cm³/mol. The van der Waals surface area contributed by atoms with Gasteiger partial charge in [0.05, 0.1) is 0 Å². The van der Waals surface area contributed by atoms with Crippen molar-refractivity contribution in [1.82, 2.24) is 9.97 Å². The maximum atomic E-state index is 4.52. The number of pyridine rings is 1. The highest BCUT2D eigenvalue weighted by Gasteiger charge is 2.05. The number of hydrogen-bond acceptors (Lipinski definition) is 2. The Balaban J connectivity index is 2.13. The average molecular weight is 280 g/mol. The van der Waals surface area contributed by atoms with Crippen LogP contribution in [0.3, 0.4) is 0 Å². The molecule has 1 N–H and O–H groups in total. The third kappa shape index (κ3) is 2.37. The SMILES string of the molecule is C/C=C/c1c[nH]c2ncc(-c3cccc(SC)c3)cc12. The molecule has 0 saturated carbocycles. The Labute approximate surface area is 122 Å². The lowest BCUT2D eigenvalue weighted by Gasteiger charge is -2.04. The molecule has 0 aliphatic heterocycles. The molecule has 0 aliphatic carbocycles. The zero-order chi connectivity index (χ0) is 13.9. The Hall–Kier alpha value is -2.00. The number of benzene rings is 1. The van der Waals surface area contributed by atoms with Crippen LogP contribution in [-0.4, -0.2) is 16.2 Å². The van der Waals surface area contributed by atoms with Crippen LogP contribution in [0.15, 0.2) is 53.7 Å². The molecular weight excluding hydrogens is 264 g/mol. The second kappa shape index (κ2) is 5.55. The molecule has 0 amide bonds. The quantitative estimate of drug-likeness (QED) is 0.685. The van der Waals surface area contributed by atoms with E-state index in [9.17, 15) is 0 Å². The van der Waals surface area contributed by atoms with Crippen molar-refractivity contribution in [2.75, 3.05) is 6.26 Å². The summed E-state index contributed by atoms with van der Waals surface area (Å²) in [5, 5.41) is 1.16. The molecule has 2 aromatic heterocycles. The fraction of sp³-hybridized carbons (Fsp3) is 0.118. The maximum Gasteiger partial charge on any atom is 0.137 e. The molecule has 100 valence electrons. The summed E-state index contributed by atoms with van der Waals surface area (Å²) in [5.41, 5.74) is 4.47. The first-order valence-electron chi connectivity index (χ1n) is 6.56. The van der Waals surface area contributed by atoms with Crippen LogP contribution in [0, 0.1) is 0 Å². The number of allylic oxidation sites excluding steroid dienone is 1. The average Bonchev–Trinajstić information content (AvgIpc) is 2.90. The number of rotatable bonds is 3. The largest absolute Gasteiger partial charge is 0.346 e. The number of H-pyrrole nitrogens is 1. The summed E-state index contributed by atoms with van der Waals surface area (Å²) in [7, 11) is 0. The minimum absolute atomic E-state index is 0.933. The van der Waals surface area contributed by atoms with Gasteiger partial charge in [-0.3, -0.25) is 0 Å². The molecule has 2 nitrogen and oxygen atoms in total. The summed E-state index contributed by atoms with van der Waals surface area (Å²) >= 11 is 1.76. The van der Waals surface area contributed by atoms with Crippen molar-refractivity contribution in [3.05, 3.63) is 54.4 Å². The first-order chi connectivity index (χ1) is 9.81. The van der Waals surface area contributed by atoms with E-state index in [1.54, 1.807) is 11.8 Å². The van der Waals surface area contributed by atoms with Crippen LogP contribution in [-0.2, 0) is 0 Å². The number of aromatic amines is 1. The van der Waals surface area contributed by atoms with Crippen LogP contribution in [0.25, 0.3) is 28.2 Å². The van der Waals surface area contributed by atoms with Crippen molar-refractivity contribution in [3.63, 3.8) is 0 Å². The van der Waals surface area contributed by atoms with Crippen LogP contribution in [0.4, 0.5) is 0 Å². The number of thioether (sulfide) groups is 1. The van der Waals surface area contributed by atoms with Gasteiger partial charge in [-0.1, -0.05) is 24.3 Å². The molecule has 3 rings (SSSR count). The van der Waals surface area contributed by atoms with E-state index in [2.05, 4.69) is 52.6 Å². The Morgan fingerprint density at radius 1 is 1.20 bits per heavy atom. The minimum Gasteiger partial charge on any atom is -0.346 e. The smallest absolute Gasteiger partial charge is 0.137 e. The van der Waals surface area contributed by atoms with Crippen LogP contribution < -0.4 is 0 Å². The van der Waals surface area contributed by atoms with E-state index in [1.807, 2.05) is 25.4 Å². The van der Waals surface area contributed by atoms with E-state index < -0.39 is 0 Å². The summed E-state index contributed by atoms with van der Waals surface area (Å²) in [4.78, 5) is 9.00. The first-order valence-corrected chi connectivity index (χ1v) is 7.78. The van der Waals surface area contributed by atoms with Gasteiger partial charge in [0.15, 0.2) is 0 Å². The minimum atomic E-state index is 0.933. The topological polar surface area (TPSA) is 28.7 Å². The van der Waals surface area contributed by atoms with Crippen molar-refractivity contribution in [2.24, 2.45) is 0 Å². The number of fused-ring (bicyclic) bond motifs is 1. The van der Waals surface area contributed by atoms with Crippen LogP contribution in [0.5, 0.6) is 0 Å². The van der Waals surface area contributed by atoms with Crippen molar-refractivity contribution >= 4 is 28.9 Å². The molecule has 0 spiro atoms. The molecule has 3 aromatic rings. The third-order valence-corrected chi connectivity index (χ3v) is 4.04. The molecule has 2 heterocycles. The molecule has 0 atom stereocenters. The summed E-state index contributed by atoms with van der Waals surface area (Å²) in [5.74, 6) is 0. The van der Waals surface area contributed by atoms with E-state index in [0.29, 0.717) is 0 Å². The van der Waals surface area contributed by atoms with Crippen molar-refractivity contribution in [2.45, 2.75) is 11.8 Å². The van der Waals surface area contributed by atoms with E-state index in [0.717, 1.165) is 16.6 Å². The van der Waals surface area contributed by atoms with E-state index in [4.69, 9.17) is 0 Å². The van der Waals surface area contributed by atoms with Crippen LogP contribution in [0.2, 0.25) is 0 Å². The molecule has 0 aliphatic rings. The highest BCUT2D eigenvalue weighted by Crippen LogP contribution is 2.27. The summed E-state index contributed by atoms with van der Waals surface area (Å²) in [6.45, 7) is 2.03. The van der Waals surface area contributed by atoms with Gasteiger partial charge in [-0.2, -0.15) is 0 Å². The Bertz CT molecular complexity index is 772. The predicted octanol–water partition coefficient (Wildman–Crippen LogP) is 4.98.